The van der Waals surface area contributed by atoms with Crippen LogP contribution in [0.1, 0.15) is 0 Å². The first-order chi connectivity index (χ1) is 35.6. The molecule has 0 atom stereocenters. The van der Waals surface area contributed by atoms with Crippen molar-refractivity contribution in [3.8, 4) is 44.8 Å². The van der Waals surface area contributed by atoms with Crippen molar-refractivity contribution < 1.29 is 0 Å². The SMILES string of the molecule is O=c1c2ccccc2c2cc(-c3cc(-n4c5ccccc5c5cc(-c6ccc7c8ccccc8n(-c8ccccc8)c7c6)ccc54)cc4c3sc3ccccc34)cc3c4cc(-c5ccccc5)ccc4n1c23. The van der Waals surface area contributed by atoms with Gasteiger partial charge in [-0.2, -0.15) is 0 Å². The molecule has 0 bridgehead atoms. The van der Waals surface area contributed by atoms with E-state index in [1.807, 2.05) is 27.9 Å². The molecule has 0 saturated carbocycles. The highest BCUT2D eigenvalue weighted by molar-refractivity contribution is 7.26. The molecule has 11 aromatic carbocycles. The second-order valence-electron chi connectivity index (χ2n) is 19.2. The van der Waals surface area contributed by atoms with E-state index < -0.39 is 0 Å². The molecule has 72 heavy (non-hydrogen) atoms. The molecule has 16 aromatic rings. The number of rotatable bonds is 5. The Kier molecular flexibility index (Phi) is 8.16. The average Bonchev–Trinajstić information content (AvgIpc) is 4.19. The molecular weight excluding hydrogens is 895 g/mol. The Hall–Kier alpha value is -9.29. The van der Waals surface area contributed by atoms with Gasteiger partial charge >= 0.3 is 0 Å². The number of hydrogen-bond acceptors (Lipinski definition) is 2. The average molecular weight is 934 g/mol. The van der Waals surface area contributed by atoms with Gasteiger partial charge in [0.1, 0.15) is 0 Å². The number of hydrogen-bond donors (Lipinski definition) is 0. The van der Waals surface area contributed by atoms with Crippen LogP contribution in [0.3, 0.4) is 0 Å². The molecule has 4 nitrogen and oxygen atoms in total. The number of benzene rings is 11. The van der Waals surface area contributed by atoms with Gasteiger partial charge in [0.25, 0.3) is 5.56 Å². The molecule has 0 amide bonds. The summed E-state index contributed by atoms with van der Waals surface area (Å²) in [6.07, 6.45) is 0. The molecule has 0 spiro atoms. The standard InChI is InChI=1S/C67H39N3OS/c71-67-52-23-8-7-19-47(52)56-35-44(36-57-55-33-41(40-15-3-1-4-16-40)28-32-62(55)70(67)65(56)57)53-38-46(39-58-51-22-11-14-26-64(51)72-66(53)58)69-60-25-13-10-21-49(60)54-34-42(29-31-61(54)69)43-27-30-50-48-20-9-12-24-59(48)68(63(50)37-43)45-17-5-2-6-18-45/h1-39H. The Balaban J connectivity index is 0.948. The lowest BCUT2D eigenvalue weighted by atomic mass is 9.95. The number of nitrogens with zero attached hydrogens (tertiary/aromatic N) is 3. The van der Waals surface area contributed by atoms with Gasteiger partial charge in [0, 0.05) is 80.2 Å². The van der Waals surface area contributed by atoms with Crippen molar-refractivity contribution in [2.24, 2.45) is 0 Å². The molecule has 0 aliphatic rings. The van der Waals surface area contributed by atoms with Crippen molar-refractivity contribution in [1.82, 2.24) is 13.5 Å². The maximum Gasteiger partial charge on any atom is 0.263 e. The highest BCUT2D eigenvalue weighted by Gasteiger charge is 2.23. The summed E-state index contributed by atoms with van der Waals surface area (Å²) in [5.41, 5.74) is 15.8. The summed E-state index contributed by atoms with van der Waals surface area (Å²) in [5.74, 6) is 0. The minimum Gasteiger partial charge on any atom is -0.309 e. The summed E-state index contributed by atoms with van der Waals surface area (Å²) in [5, 5.41) is 12.3. The summed E-state index contributed by atoms with van der Waals surface area (Å²) in [4.78, 5) is 14.6. The predicted octanol–water partition coefficient (Wildman–Crippen LogP) is 17.8. The van der Waals surface area contributed by atoms with Crippen LogP contribution < -0.4 is 5.56 Å². The Morgan fingerprint density at radius 2 is 0.806 bits per heavy atom. The molecular formula is C67H39N3OS. The number of pyridine rings is 1. The summed E-state index contributed by atoms with van der Waals surface area (Å²) >= 11 is 1.85. The molecule has 16 rings (SSSR count). The van der Waals surface area contributed by atoms with E-state index in [-0.39, 0.29) is 5.56 Å². The van der Waals surface area contributed by atoms with Crippen LogP contribution in [0.25, 0.3) is 147 Å². The van der Waals surface area contributed by atoms with Gasteiger partial charge in [-0.25, -0.2) is 0 Å². The largest absolute Gasteiger partial charge is 0.309 e. The Labute approximate surface area is 416 Å². The summed E-state index contributed by atoms with van der Waals surface area (Å²) in [7, 11) is 0. The first-order valence-electron chi connectivity index (χ1n) is 24.5. The van der Waals surface area contributed by atoms with E-state index >= 15 is 0 Å². The smallest absolute Gasteiger partial charge is 0.263 e. The lowest BCUT2D eigenvalue weighted by Gasteiger charge is -2.14. The topological polar surface area (TPSA) is 31.3 Å². The van der Waals surface area contributed by atoms with Gasteiger partial charge in [0.05, 0.1) is 33.1 Å². The zero-order chi connectivity index (χ0) is 47.2. The highest BCUT2D eigenvalue weighted by atomic mass is 32.1. The monoisotopic (exact) mass is 933 g/mol. The van der Waals surface area contributed by atoms with Crippen molar-refractivity contribution in [1.29, 1.82) is 0 Å². The van der Waals surface area contributed by atoms with Crippen molar-refractivity contribution >= 4 is 113 Å². The van der Waals surface area contributed by atoms with Crippen LogP contribution in [-0.4, -0.2) is 13.5 Å². The van der Waals surface area contributed by atoms with Gasteiger partial charge in [-0.3, -0.25) is 9.20 Å². The number of aromatic nitrogens is 3. The molecule has 0 saturated heterocycles. The quantitative estimate of drug-likeness (QED) is 0.158. The van der Waals surface area contributed by atoms with Crippen LogP contribution in [0.2, 0.25) is 0 Å². The minimum atomic E-state index is 0.0117. The van der Waals surface area contributed by atoms with E-state index in [1.165, 1.54) is 69.4 Å². The van der Waals surface area contributed by atoms with Crippen molar-refractivity contribution in [2.45, 2.75) is 0 Å². The molecule has 334 valence electrons. The molecule has 0 fully saturated rings. The summed E-state index contributed by atoms with van der Waals surface area (Å²) in [6.45, 7) is 0. The Morgan fingerprint density at radius 3 is 1.57 bits per heavy atom. The number of thiophene rings is 1. The third-order valence-corrected chi connectivity index (χ3v) is 16.6. The Bertz CT molecular complexity index is 5000. The highest BCUT2D eigenvalue weighted by Crippen LogP contribution is 2.47. The van der Waals surface area contributed by atoms with Crippen LogP contribution >= 0.6 is 11.3 Å². The summed E-state index contributed by atoms with van der Waals surface area (Å²) < 4.78 is 9.32. The fraction of sp³-hybridized carbons (Fsp3) is 0. The molecule has 0 N–H and O–H groups in total. The van der Waals surface area contributed by atoms with Gasteiger partial charge in [-0.15, -0.1) is 11.3 Å². The number of fused-ring (bicyclic) bond motifs is 14. The zero-order valence-corrected chi connectivity index (χ0v) is 39.5. The zero-order valence-electron chi connectivity index (χ0n) is 38.7. The molecule has 0 aliphatic carbocycles. The lowest BCUT2D eigenvalue weighted by Crippen LogP contribution is -2.12. The second kappa shape index (κ2) is 14.9. The molecule has 5 heteroatoms. The predicted molar refractivity (Wildman–Crippen MR) is 305 cm³/mol. The molecule has 0 radical (unpaired) electrons. The van der Waals surface area contributed by atoms with E-state index in [2.05, 4.69) is 234 Å². The molecule has 5 heterocycles. The fourth-order valence-electron chi connectivity index (χ4n) is 12.1. The first-order valence-corrected chi connectivity index (χ1v) is 25.3. The lowest BCUT2D eigenvalue weighted by molar-refractivity contribution is 1.18. The maximum atomic E-state index is 14.6. The van der Waals surface area contributed by atoms with Crippen LogP contribution in [0, 0.1) is 0 Å². The maximum absolute atomic E-state index is 14.6. The summed E-state index contributed by atoms with van der Waals surface area (Å²) in [6, 6.07) is 85.7. The second-order valence-corrected chi connectivity index (χ2v) is 20.2. The van der Waals surface area contributed by atoms with Gasteiger partial charge < -0.3 is 9.13 Å². The van der Waals surface area contributed by atoms with E-state index in [9.17, 15) is 4.79 Å². The van der Waals surface area contributed by atoms with Crippen LogP contribution in [0.5, 0.6) is 0 Å². The van der Waals surface area contributed by atoms with E-state index in [1.54, 1.807) is 0 Å². The van der Waals surface area contributed by atoms with Crippen molar-refractivity contribution in [2.75, 3.05) is 0 Å². The van der Waals surface area contributed by atoms with Crippen molar-refractivity contribution in [3.63, 3.8) is 0 Å². The van der Waals surface area contributed by atoms with Gasteiger partial charge in [-0.05, 0) is 124 Å². The molecule has 0 unspecified atom stereocenters. The fourth-order valence-corrected chi connectivity index (χ4v) is 13.4. The van der Waals surface area contributed by atoms with Gasteiger partial charge in [0.2, 0.25) is 0 Å². The number of para-hydroxylation sites is 3. The van der Waals surface area contributed by atoms with Crippen molar-refractivity contribution in [3.05, 3.63) is 247 Å². The van der Waals surface area contributed by atoms with E-state index in [4.69, 9.17) is 0 Å². The minimum absolute atomic E-state index is 0.0117. The normalized spacial score (nSPS) is 12.2. The van der Waals surface area contributed by atoms with Gasteiger partial charge in [-0.1, -0.05) is 146 Å². The molecule has 5 aromatic heterocycles. The van der Waals surface area contributed by atoms with Gasteiger partial charge in [0.15, 0.2) is 0 Å². The van der Waals surface area contributed by atoms with E-state index in [0.717, 1.165) is 77.1 Å². The third kappa shape index (κ3) is 5.54. The van der Waals surface area contributed by atoms with E-state index in [0.29, 0.717) is 0 Å². The molecule has 0 aliphatic heterocycles. The third-order valence-electron chi connectivity index (χ3n) is 15.3. The van der Waals surface area contributed by atoms with Crippen LogP contribution in [-0.2, 0) is 0 Å². The first kappa shape index (κ1) is 39.5. The van der Waals surface area contributed by atoms with Crippen LogP contribution in [0.4, 0.5) is 0 Å². The Morgan fingerprint density at radius 1 is 0.292 bits per heavy atom. The van der Waals surface area contributed by atoms with Crippen LogP contribution in [0.15, 0.2) is 241 Å².